The van der Waals surface area contributed by atoms with E-state index in [0.717, 1.165) is 11.1 Å². The second-order valence-corrected chi connectivity index (χ2v) is 30.4. The number of carbonyl (C=O) groups is 8. The monoisotopic (exact) mass is 1430 g/mol. The number of aliphatic hydroxyl groups is 1. The van der Waals surface area contributed by atoms with Crippen LogP contribution < -0.4 is 50.4 Å². The van der Waals surface area contributed by atoms with E-state index < -0.39 is 149 Å². The van der Waals surface area contributed by atoms with Crippen molar-refractivity contribution in [1.82, 2.24) is 25.5 Å². The highest BCUT2D eigenvalue weighted by Crippen LogP contribution is 2.63. The van der Waals surface area contributed by atoms with Crippen LogP contribution in [0.4, 0.5) is 4.79 Å². The normalized spacial score (nSPS) is 30.3. The van der Waals surface area contributed by atoms with E-state index in [1.165, 1.54) is 17.8 Å². The number of fused-ring (bicyclic) bond motifs is 7. The van der Waals surface area contributed by atoms with Gasteiger partial charge in [0, 0.05) is 149 Å². The van der Waals surface area contributed by atoms with Gasteiger partial charge in [-0.15, -0.1) is 0 Å². The van der Waals surface area contributed by atoms with Crippen LogP contribution in [-0.2, 0) is 61.4 Å². The van der Waals surface area contributed by atoms with Crippen LogP contribution >= 0.6 is 7.82 Å². The van der Waals surface area contributed by atoms with E-state index >= 15 is 0 Å². The first kappa shape index (κ1) is 78.3. The summed E-state index contributed by atoms with van der Waals surface area (Å²) in [7, 11) is -5.23. The Bertz CT molecular complexity index is 3930. The molecule has 101 heavy (non-hydrogen) atoms. The van der Waals surface area contributed by atoms with Crippen molar-refractivity contribution in [3.63, 3.8) is 0 Å². The average molecular weight is 1430 g/mol. The number of primary amides is 6. The van der Waals surface area contributed by atoms with E-state index in [0.29, 0.717) is 56.4 Å². The summed E-state index contributed by atoms with van der Waals surface area (Å²) in [6.07, 6.45) is -6.02. The number of nitrogens with two attached hydrogens (primary N) is 6. The lowest BCUT2D eigenvalue weighted by atomic mass is 9.55. The highest BCUT2D eigenvalue weighted by Gasteiger charge is 2.66. The zero-order valence-electron chi connectivity index (χ0n) is 59.2. The summed E-state index contributed by atoms with van der Waals surface area (Å²) in [5, 5.41) is 24.2. The maximum absolute atomic E-state index is 14.6. The lowest BCUT2D eigenvalue weighted by Crippen LogP contribution is -2.56. The summed E-state index contributed by atoms with van der Waals surface area (Å²) >= 11 is 0. The molecule has 2 aromatic rings. The molecule has 34 heteroatoms. The molecule has 7 heterocycles. The molecule has 8 rings (SSSR count). The number of phosphoric acid groups is 1. The number of allylic oxidation sites excluding steroid dienone is 6. The van der Waals surface area contributed by atoms with Crippen LogP contribution in [0.2, 0.25) is 0 Å². The van der Waals surface area contributed by atoms with Gasteiger partial charge in [-0.25, -0.2) is 14.3 Å². The number of aromatic nitrogens is 2. The molecule has 2 fully saturated rings. The fraction of sp³-hybridized carbons (Fsp3) is 0.642. The minimum Gasteiger partial charge on any atom is -0.447 e. The Kier molecular flexibility index (Phi) is 24.1. The summed E-state index contributed by atoms with van der Waals surface area (Å²) < 4.78 is 43.9. The van der Waals surface area contributed by atoms with Gasteiger partial charge in [0.15, 0.2) is 6.23 Å². The molecule has 1 unspecified atom stereocenters. The first-order valence-corrected chi connectivity index (χ1v) is 35.3. The fourth-order valence-electron chi connectivity index (χ4n) is 16.1. The zero-order valence-corrected chi connectivity index (χ0v) is 60.1. The standard InChI is InChI=1S/C67H98N17O16P/c1-33-24-43-44(25-34(33)2)84(32-77-43)61-56(92)57(45(98-61)31-97-62(93)75-20-22-96-23-21-78-83-74)100-101(94,95)99-35(3)30-76-53(91)18-19-64(8)41(26-50(71)88)60-67(11)66(10,29-52(73)90)40(14-17-49(70)87)55(82-67)37(5)59-65(9,28-51(72)89)38(12-15-47(68)85)42(79-59)27-46-63(6,7)39(13-16-48(69)86)54(80-46)36(4)58(64)81-60/h24-25,27,32,35,38-41,45,56-57,60-61,79,92H,12-23,26,28-31H2,1-11H3,(H2,68,85)(H2,69,86)(H2,70,87)(H2,71,88)(H2,72,89)(H2,73,90)(H,75,93)(H,76,91)(H,94,95)/b42-27?,54-36?,59-37-/t35-,38-,39-,40-,41+,45-,56-,57-,60-,61+,64-,65+,66+,67+/m1/s1. The number of hydrogen-bond acceptors (Lipinski definition) is 21. The van der Waals surface area contributed by atoms with Crippen molar-refractivity contribution in [2.45, 2.75) is 189 Å². The number of ether oxygens (including phenoxy) is 3. The van der Waals surface area contributed by atoms with E-state index in [4.69, 9.17) is 78.2 Å². The van der Waals surface area contributed by atoms with Crippen LogP contribution in [0.25, 0.3) is 21.5 Å². The van der Waals surface area contributed by atoms with Crippen molar-refractivity contribution in [2.75, 3.05) is 39.5 Å². The third kappa shape index (κ3) is 16.6. The molecular weight excluding hydrogens is 1330 g/mol. The highest BCUT2D eigenvalue weighted by atomic mass is 31.2. The molecule has 6 aliphatic heterocycles. The maximum Gasteiger partial charge on any atom is 0.472 e. The molecule has 6 aliphatic rings. The highest BCUT2D eigenvalue weighted by molar-refractivity contribution is 7.47. The molecular formula is C67H98N17O16P. The van der Waals surface area contributed by atoms with E-state index in [2.05, 4.69) is 31.0 Å². The number of hydrogen-bond donors (Lipinski definition) is 11. The van der Waals surface area contributed by atoms with Crippen molar-refractivity contribution in [2.24, 2.45) is 99.8 Å². The van der Waals surface area contributed by atoms with Gasteiger partial charge >= 0.3 is 13.9 Å². The number of benzene rings is 1. The van der Waals surface area contributed by atoms with Crippen LogP contribution in [0.3, 0.4) is 0 Å². The summed E-state index contributed by atoms with van der Waals surface area (Å²) in [6, 6.07) is 2.61. The summed E-state index contributed by atoms with van der Waals surface area (Å²) in [5.74, 6) is -7.41. The molecule has 1 aromatic heterocycles. The predicted molar refractivity (Wildman–Crippen MR) is 371 cm³/mol. The van der Waals surface area contributed by atoms with Gasteiger partial charge in [0.25, 0.3) is 0 Å². The number of carbonyl (C=O) groups excluding carboxylic acids is 8. The van der Waals surface area contributed by atoms with Crippen LogP contribution in [0.1, 0.15) is 150 Å². The molecule has 15 atom stereocenters. The Morgan fingerprint density at radius 2 is 1.46 bits per heavy atom. The number of imidazole rings is 1. The molecule has 0 saturated carbocycles. The first-order valence-electron chi connectivity index (χ1n) is 33.8. The minimum atomic E-state index is -5.23. The second-order valence-electron chi connectivity index (χ2n) is 29.0. The maximum atomic E-state index is 14.6. The Balaban J connectivity index is 1.14. The van der Waals surface area contributed by atoms with Crippen molar-refractivity contribution in [3.05, 3.63) is 74.3 Å². The number of aryl methyl sites for hydroxylation is 2. The third-order valence-corrected chi connectivity index (χ3v) is 22.8. The minimum absolute atomic E-state index is 0.00118. The summed E-state index contributed by atoms with van der Waals surface area (Å²) in [6.45, 7) is 19.4. The molecule has 8 amide bonds. The number of nitrogens with one attached hydrogen (secondary N) is 3. The average Bonchev–Trinajstić information content (AvgIpc) is 1.53. The van der Waals surface area contributed by atoms with Crippen molar-refractivity contribution >= 4 is 83.4 Å². The number of nitrogens with zero attached hydrogens (tertiary/aromatic N) is 8. The van der Waals surface area contributed by atoms with Gasteiger partial charge in [-0.1, -0.05) is 39.7 Å². The Labute approximate surface area is 585 Å². The van der Waals surface area contributed by atoms with E-state index in [9.17, 15) is 52.9 Å². The molecule has 8 bridgehead atoms. The zero-order chi connectivity index (χ0) is 74.6. The van der Waals surface area contributed by atoms with Crippen LogP contribution in [0, 0.1) is 59.2 Å². The third-order valence-electron chi connectivity index (χ3n) is 21.7. The van der Waals surface area contributed by atoms with Gasteiger partial charge in [0.1, 0.15) is 24.9 Å². The largest absolute Gasteiger partial charge is 0.472 e. The van der Waals surface area contributed by atoms with Crippen LogP contribution in [-0.4, -0.2) is 160 Å². The van der Waals surface area contributed by atoms with Gasteiger partial charge in [-0.3, -0.25) is 57.6 Å². The summed E-state index contributed by atoms with van der Waals surface area (Å²) in [4.78, 5) is 142. The topological polar surface area (TPSA) is 536 Å². The lowest BCUT2D eigenvalue weighted by Gasteiger charge is -2.48. The number of alkyl carbamates (subject to hydrolysis) is 1. The number of aliphatic imine (C=N–C) groups is 3. The van der Waals surface area contributed by atoms with Crippen LogP contribution in [0.15, 0.2) is 72.9 Å². The second kappa shape index (κ2) is 31.0. The van der Waals surface area contributed by atoms with Gasteiger partial charge in [0.2, 0.25) is 41.4 Å². The van der Waals surface area contributed by atoms with Gasteiger partial charge in [-0.2, -0.15) is 0 Å². The van der Waals surface area contributed by atoms with Crippen LogP contribution in [0.5, 0.6) is 0 Å². The predicted octanol–water partition coefficient (Wildman–Crippen LogP) is 4.22. The molecule has 33 nitrogen and oxygen atoms in total. The molecule has 1 aromatic carbocycles. The van der Waals surface area contributed by atoms with E-state index in [1.807, 2.05) is 80.5 Å². The van der Waals surface area contributed by atoms with Crippen molar-refractivity contribution < 1.29 is 76.2 Å². The quantitative estimate of drug-likeness (QED) is 0.0157. The molecule has 2 saturated heterocycles. The molecule has 17 N–H and O–H groups in total. The number of phosphoric ester groups is 1. The van der Waals surface area contributed by atoms with Crippen molar-refractivity contribution in [3.8, 4) is 0 Å². The van der Waals surface area contributed by atoms with E-state index in [-0.39, 0.29) is 103 Å². The number of amides is 8. The number of rotatable bonds is 33. The SMILES string of the molecule is CC1=C2N=C(C=C3N/C(=C(/C)C4=N[C@@](C)([C@@H]5N=C1[C@](C)(CCC(=O)NC[C@@H](C)OP(=O)(O)O[C@H]1[C@@H](O)[C@@H](n6cnc7cc(C)c(C)cc76)O[C@@H]1COC(=O)NCCOCCN=[N+]=[N-])[C@H]5CC(N)=O)[C@@](C)(CC(N)=O)[C@@H]4CCC(N)=O)[C@@](C)(CC(N)=O)[C@@H]3CCC(N)=O)C(C)(C)[C@@H]2CCC(N)=O. The van der Waals surface area contributed by atoms with Gasteiger partial charge in [0.05, 0.1) is 48.3 Å². The smallest absolute Gasteiger partial charge is 0.447 e. The number of azide groups is 1. The molecule has 0 spiro atoms. The number of aliphatic hydroxyl groups excluding tert-OH is 1. The Morgan fingerprint density at radius 1 is 0.822 bits per heavy atom. The lowest BCUT2D eigenvalue weighted by molar-refractivity contribution is -0.124. The van der Waals surface area contributed by atoms with E-state index in [1.54, 1.807) is 6.92 Å². The van der Waals surface area contributed by atoms with Gasteiger partial charge < -0.3 is 79.1 Å². The molecule has 0 aliphatic carbocycles. The summed E-state index contributed by atoms with van der Waals surface area (Å²) in [5.41, 5.74) is 45.5. The fourth-order valence-corrected chi connectivity index (χ4v) is 17.3. The Hall–Kier alpha value is -8.42. The van der Waals surface area contributed by atoms with Gasteiger partial charge in [-0.05, 0) is 113 Å². The van der Waals surface area contributed by atoms with Crippen molar-refractivity contribution in [1.29, 1.82) is 0 Å². The molecule has 552 valence electrons. The Morgan fingerprint density at radius 3 is 2.08 bits per heavy atom. The first-order chi connectivity index (χ1) is 47.2. The molecule has 0 radical (unpaired) electrons.